The Morgan fingerprint density at radius 2 is 1.62 bits per heavy atom. The van der Waals surface area contributed by atoms with Crippen LogP contribution in [0.2, 0.25) is 0 Å². The van der Waals surface area contributed by atoms with Gasteiger partial charge >= 0.3 is 0 Å². The highest BCUT2D eigenvalue weighted by atomic mass is 32.2. The Kier molecular flexibility index (Phi) is 7.28. The summed E-state index contributed by atoms with van der Waals surface area (Å²) < 4.78 is 32.7. The maximum atomic E-state index is 12.8. The fraction of sp³-hybridized carbons (Fsp3) is 0.409. The zero-order chi connectivity index (χ0) is 20.7. The van der Waals surface area contributed by atoms with E-state index in [4.69, 9.17) is 4.74 Å². The van der Waals surface area contributed by atoms with E-state index < -0.39 is 10.0 Å². The van der Waals surface area contributed by atoms with Gasteiger partial charge in [-0.1, -0.05) is 43.2 Å². The molecule has 7 heteroatoms. The minimum Gasteiger partial charge on any atom is -0.484 e. The minimum absolute atomic E-state index is 0.117. The van der Waals surface area contributed by atoms with Crippen LogP contribution in [0.15, 0.2) is 59.5 Å². The monoisotopic (exact) mass is 416 g/mol. The van der Waals surface area contributed by atoms with Crippen LogP contribution in [0.4, 0.5) is 0 Å². The van der Waals surface area contributed by atoms with Crippen LogP contribution in [0.25, 0.3) is 0 Å². The molecular formula is C22H28N2O4S. The Morgan fingerprint density at radius 1 is 1.00 bits per heavy atom. The highest BCUT2D eigenvalue weighted by Gasteiger charge is 2.25. The van der Waals surface area contributed by atoms with Crippen molar-refractivity contribution >= 4 is 15.9 Å². The topological polar surface area (TPSA) is 75.7 Å². The molecule has 1 heterocycles. The summed E-state index contributed by atoms with van der Waals surface area (Å²) in [6.45, 7) is 2.92. The molecule has 1 fully saturated rings. The van der Waals surface area contributed by atoms with Gasteiger partial charge in [-0.15, -0.1) is 0 Å². The smallest absolute Gasteiger partial charge is 0.258 e. The minimum atomic E-state index is -3.48. The molecule has 6 nitrogen and oxygen atoms in total. The number of amides is 1. The molecule has 1 atom stereocenters. The zero-order valence-corrected chi connectivity index (χ0v) is 17.5. The second-order valence-corrected chi connectivity index (χ2v) is 9.22. The van der Waals surface area contributed by atoms with Gasteiger partial charge in [0.25, 0.3) is 5.91 Å². The molecule has 29 heavy (non-hydrogen) atoms. The Balaban J connectivity index is 1.54. The van der Waals surface area contributed by atoms with Crippen LogP contribution in [0.1, 0.15) is 44.2 Å². The van der Waals surface area contributed by atoms with Crippen molar-refractivity contribution in [1.82, 2.24) is 9.62 Å². The van der Waals surface area contributed by atoms with Gasteiger partial charge in [0.1, 0.15) is 5.75 Å². The molecule has 1 aliphatic rings. The number of nitrogens with zero attached hydrogens (tertiary/aromatic N) is 1. The third-order valence-corrected chi connectivity index (χ3v) is 6.99. The summed E-state index contributed by atoms with van der Waals surface area (Å²) in [5.74, 6) is 0.227. The largest absolute Gasteiger partial charge is 0.484 e. The van der Waals surface area contributed by atoms with Crippen LogP contribution in [-0.2, 0) is 14.8 Å². The second-order valence-electron chi connectivity index (χ2n) is 7.28. The molecule has 0 aliphatic carbocycles. The Bertz CT molecular complexity index is 890. The van der Waals surface area contributed by atoms with Crippen LogP contribution in [0.5, 0.6) is 5.75 Å². The van der Waals surface area contributed by atoms with Gasteiger partial charge in [0.15, 0.2) is 6.61 Å². The first-order valence-electron chi connectivity index (χ1n) is 10.0. The number of hydrogen-bond donors (Lipinski definition) is 1. The van der Waals surface area contributed by atoms with Crippen LogP contribution in [-0.4, -0.2) is 38.3 Å². The number of carbonyl (C=O) groups is 1. The average molecular weight is 417 g/mol. The fourth-order valence-electron chi connectivity index (χ4n) is 3.40. The number of sulfonamides is 1. The zero-order valence-electron chi connectivity index (χ0n) is 16.7. The molecule has 1 saturated heterocycles. The number of benzene rings is 2. The van der Waals surface area contributed by atoms with Crippen molar-refractivity contribution in [2.75, 3.05) is 19.7 Å². The van der Waals surface area contributed by atoms with Crippen LogP contribution < -0.4 is 10.1 Å². The summed E-state index contributed by atoms with van der Waals surface area (Å²) in [4.78, 5) is 12.4. The van der Waals surface area contributed by atoms with Crippen molar-refractivity contribution in [3.05, 3.63) is 60.2 Å². The van der Waals surface area contributed by atoms with Crippen molar-refractivity contribution in [2.45, 2.75) is 43.5 Å². The van der Waals surface area contributed by atoms with Crippen LogP contribution in [0.3, 0.4) is 0 Å². The Hall–Kier alpha value is -2.38. The molecule has 0 aromatic heterocycles. The van der Waals surface area contributed by atoms with E-state index in [0.717, 1.165) is 31.2 Å². The molecule has 0 spiro atoms. The summed E-state index contributed by atoms with van der Waals surface area (Å²) in [5, 5.41) is 2.88. The molecule has 0 radical (unpaired) electrons. The summed E-state index contributed by atoms with van der Waals surface area (Å²) in [6.07, 6.45) is 3.95. The maximum absolute atomic E-state index is 12.8. The van der Waals surface area contributed by atoms with Crippen molar-refractivity contribution in [3.8, 4) is 5.75 Å². The summed E-state index contributed by atoms with van der Waals surface area (Å²) in [6, 6.07) is 15.8. The SMILES string of the molecule is C[C@H](NC(=O)COc1ccc(S(=O)(=O)N2CCCCCC2)cc1)c1ccccc1. The molecule has 156 valence electrons. The van der Waals surface area contributed by atoms with Crippen molar-refractivity contribution in [1.29, 1.82) is 0 Å². The number of rotatable bonds is 7. The molecule has 2 aromatic carbocycles. The van der Waals surface area contributed by atoms with Gasteiger partial charge in [0, 0.05) is 13.1 Å². The molecule has 0 bridgehead atoms. The van der Waals surface area contributed by atoms with E-state index in [1.165, 1.54) is 0 Å². The summed E-state index contributed by atoms with van der Waals surface area (Å²) in [5.41, 5.74) is 1.02. The first-order chi connectivity index (χ1) is 14.0. The highest BCUT2D eigenvalue weighted by Crippen LogP contribution is 2.22. The number of hydrogen-bond acceptors (Lipinski definition) is 4. The fourth-order valence-corrected chi connectivity index (χ4v) is 4.91. The maximum Gasteiger partial charge on any atom is 0.258 e. The quantitative estimate of drug-likeness (QED) is 0.749. The average Bonchev–Trinajstić information content (AvgIpc) is 3.03. The first kappa shape index (κ1) is 21.3. The molecule has 1 amide bonds. The predicted molar refractivity (Wildman–Crippen MR) is 112 cm³/mol. The molecule has 0 unspecified atom stereocenters. The lowest BCUT2D eigenvalue weighted by atomic mass is 10.1. The lowest BCUT2D eigenvalue weighted by Gasteiger charge is -2.20. The van der Waals surface area contributed by atoms with Gasteiger partial charge in [-0.2, -0.15) is 4.31 Å². The molecular weight excluding hydrogens is 388 g/mol. The van der Waals surface area contributed by atoms with E-state index >= 15 is 0 Å². The Morgan fingerprint density at radius 3 is 2.24 bits per heavy atom. The van der Waals surface area contributed by atoms with E-state index in [0.29, 0.717) is 18.8 Å². The summed E-state index contributed by atoms with van der Waals surface area (Å²) >= 11 is 0. The van der Waals surface area contributed by atoms with Crippen molar-refractivity contribution in [3.63, 3.8) is 0 Å². The van der Waals surface area contributed by atoms with Crippen LogP contribution >= 0.6 is 0 Å². The molecule has 1 aliphatic heterocycles. The normalized spacial score (nSPS) is 16.6. The number of ether oxygens (including phenoxy) is 1. The van der Waals surface area contributed by atoms with Crippen molar-refractivity contribution in [2.24, 2.45) is 0 Å². The Labute approximate surface area is 172 Å². The molecule has 1 N–H and O–H groups in total. The van der Waals surface area contributed by atoms with E-state index in [1.807, 2.05) is 37.3 Å². The number of carbonyl (C=O) groups excluding carboxylic acids is 1. The van der Waals surface area contributed by atoms with E-state index in [9.17, 15) is 13.2 Å². The molecule has 3 rings (SSSR count). The highest BCUT2D eigenvalue weighted by molar-refractivity contribution is 7.89. The number of nitrogens with one attached hydrogen (secondary N) is 1. The molecule has 2 aromatic rings. The lowest BCUT2D eigenvalue weighted by Crippen LogP contribution is -2.32. The van der Waals surface area contributed by atoms with Gasteiger partial charge in [0.2, 0.25) is 10.0 Å². The predicted octanol–water partition coefficient (Wildman–Crippen LogP) is 3.51. The van der Waals surface area contributed by atoms with Crippen molar-refractivity contribution < 1.29 is 17.9 Å². The van der Waals surface area contributed by atoms with E-state index in [1.54, 1.807) is 28.6 Å². The van der Waals surface area contributed by atoms with Gasteiger partial charge < -0.3 is 10.1 Å². The first-order valence-corrected chi connectivity index (χ1v) is 11.5. The second kappa shape index (κ2) is 9.89. The third kappa shape index (κ3) is 5.81. The van der Waals surface area contributed by atoms with Crippen LogP contribution in [0, 0.1) is 0 Å². The van der Waals surface area contributed by atoms with E-state index in [-0.39, 0.29) is 23.5 Å². The van der Waals surface area contributed by atoms with E-state index in [2.05, 4.69) is 5.32 Å². The van der Waals surface area contributed by atoms with Gasteiger partial charge in [-0.05, 0) is 49.6 Å². The van der Waals surface area contributed by atoms with Gasteiger partial charge in [0.05, 0.1) is 10.9 Å². The van der Waals surface area contributed by atoms with Gasteiger partial charge in [-0.25, -0.2) is 8.42 Å². The summed E-state index contributed by atoms with van der Waals surface area (Å²) in [7, 11) is -3.48. The third-order valence-electron chi connectivity index (χ3n) is 5.07. The standard InChI is InChI=1S/C22H28N2O4S/c1-18(19-9-5-4-6-10-19)23-22(25)17-28-20-11-13-21(14-12-20)29(26,27)24-15-7-2-3-8-16-24/h4-6,9-14,18H,2-3,7-8,15-17H2,1H3,(H,23,25)/t18-/m0/s1. The van der Waals surface area contributed by atoms with Gasteiger partial charge in [-0.3, -0.25) is 4.79 Å². The lowest BCUT2D eigenvalue weighted by molar-refractivity contribution is -0.123. The molecule has 0 saturated carbocycles.